The summed E-state index contributed by atoms with van der Waals surface area (Å²) in [7, 11) is 0. The highest BCUT2D eigenvalue weighted by Gasteiger charge is 2.23. The van der Waals surface area contributed by atoms with Gasteiger partial charge in [0.1, 0.15) is 5.75 Å². The molecule has 0 heterocycles. The summed E-state index contributed by atoms with van der Waals surface area (Å²) in [4.78, 5) is 0. The quantitative estimate of drug-likeness (QED) is 0.680. The molecule has 0 aliphatic carbocycles. The highest BCUT2D eigenvalue weighted by atomic mass is 79.9. The lowest BCUT2D eigenvalue weighted by Gasteiger charge is -2.30. The SMILES string of the molecule is CCCC(C)(CCOc1cccc(Br)c1)CNC(C)C. The van der Waals surface area contributed by atoms with Crippen molar-refractivity contribution in [3.05, 3.63) is 28.7 Å². The third-order valence-electron chi connectivity index (χ3n) is 3.56. The van der Waals surface area contributed by atoms with Gasteiger partial charge in [-0.1, -0.05) is 56.1 Å². The first-order valence-corrected chi connectivity index (χ1v) is 8.36. The summed E-state index contributed by atoms with van der Waals surface area (Å²) in [5.41, 5.74) is 0.311. The van der Waals surface area contributed by atoms with Gasteiger partial charge in [-0.25, -0.2) is 0 Å². The van der Waals surface area contributed by atoms with Crippen LogP contribution in [0.15, 0.2) is 28.7 Å². The Kier molecular flexibility index (Phi) is 7.60. The van der Waals surface area contributed by atoms with Crippen LogP contribution in [0.25, 0.3) is 0 Å². The highest BCUT2D eigenvalue weighted by Crippen LogP contribution is 2.27. The number of ether oxygens (including phenoxy) is 1. The Bertz CT molecular complexity index is 394. The van der Waals surface area contributed by atoms with Gasteiger partial charge in [-0.05, 0) is 36.5 Å². The maximum Gasteiger partial charge on any atom is 0.120 e. The molecule has 0 aliphatic heterocycles. The van der Waals surface area contributed by atoms with Crippen molar-refractivity contribution in [2.24, 2.45) is 5.41 Å². The predicted octanol–water partition coefficient (Wildman–Crippen LogP) is 5.02. The molecule has 0 radical (unpaired) electrons. The van der Waals surface area contributed by atoms with Crippen LogP contribution in [0.2, 0.25) is 0 Å². The maximum atomic E-state index is 5.88. The number of nitrogens with one attached hydrogen (secondary N) is 1. The highest BCUT2D eigenvalue weighted by molar-refractivity contribution is 9.10. The Morgan fingerprint density at radius 3 is 2.65 bits per heavy atom. The van der Waals surface area contributed by atoms with Gasteiger partial charge in [0, 0.05) is 17.1 Å². The fourth-order valence-electron chi connectivity index (χ4n) is 2.33. The normalized spacial score (nSPS) is 14.3. The molecule has 1 N–H and O–H groups in total. The lowest BCUT2D eigenvalue weighted by atomic mass is 9.82. The molecular formula is C17H28BrNO. The maximum absolute atomic E-state index is 5.88. The average molecular weight is 342 g/mol. The first-order valence-electron chi connectivity index (χ1n) is 7.57. The second-order valence-corrected chi connectivity index (χ2v) is 7.07. The van der Waals surface area contributed by atoms with Crippen molar-refractivity contribution in [3.63, 3.8) is 0 Å². The van der Waals surface area contributed by atoms with Crippen molar-refractivity contribution < 1.29 is 4.74 Å². The van der Waals surface area contributed by atoms with E-state index in [1.807, 2.05) is 24.3 Å². The molecule has 0 spiro atoms. The zero-order valence-electron chi connectivity index (χ0n) is 13.2. The van der Waals surface area contributed by atoms with Gasteiger partial charge in [-0.3, -0.25) is 0 Å². The van der Waals surface area contributed by atoms with E-state index in [1.54, 1.807) is 0 Å². The van der Waals surface area contributed by atoms with E-state index in [0.29, 0.717) is 11.5 Å². The van der Waals surface area contributed by atoms with E-state index in [9.17, 15) is 0 Å². The van der Waals surface area contributed by atoms with E-state index >= 15 is 0 Å². The van der Waals surface area contributed by atoms with Crippen molar-refractivity contribution in [2.45, 2.75) is 53.0 Å². The summed E-state index contributed by atoms with van der Waals surface area (Å²) in [6, 6.07) is 8.58. The Morgan fingerprint density at radius 2 is 2.05 bits per heavy atom. The van der Waals surface area contributed by atoms with Gasteiger partial charge in [0.15, 0.2) is 0 Å². The van der Waals surface area contributed by atoms with Gasteiger partial charge >= 0.3 is 0 Å². The molecule has 114 valence electrons. The Morgan fingerprint density at radius 1 is 1.30 bits per heavy atom. The van der Waals surface area contributed by atoms with Crippen molar-refractivity contribution >= 4 is 15.9 Å². The van der Waals surface area contributed by atoms with Crippen molar-refractivity contribution in [1.29, 1.82) is 0 Å². The van der Waals surface area contributed by atoms with E-state index in [1.165, 1.54) is 12.8 Å². The van der Waals surface area contributed by atoms with E-state index in [-0.39, 0.29) is 0 Å². The molecule has 1 unspecified atom stereocenters. The summed E-state index contributed by atoms with van der Waals surface area (Å²) in [6.07, 6.45) is 3.52. The van der Waals surface area contributed by atoms with Gasteiger partial charge in [0.05, 0.1) is 6.61 Å². The molecule has 3 heteroatoms. The molecule has 1 atom stereocenters. The fourth-order valence-corrected chi connectivity index (χ4v) is 2.71. The molecule has 20 heavy (non-hydrogen) atoms. The van der Waals surface area contributed by atoms with E-state index in [4.69, 9.17) is 4.74 Å². The summed E-state index contributed by atoms with van der Waals surface area (Å²) in [5.74, 6) is 0.940. The van der Waals surface area contributed by atoms with Crippen LogP contribution >= 0.6 is 15.9 Å². The molecule has 0 saturated heterocycles. The molecule has 0 aromatic heterocycles. The Balaban J connectivity index is 2.45. The number of rotatable bonds is 9. The second-order valence-electron chi connectivity index (χ2n) is 6.15. The third kappa shape index (κ3) is 6.76. The van der Waals surface area contributed by atoms with Gasteiger partial charge in [0.25, 0.3) is 0 Å². The zero-order chi connectivity index (χ0) is 15.0. The smallest absolute Gasteiger partial charge is 0.120 e. The van der Waals surface area contributed by atoms with Crippen LogP contribution in [0.4, 0.5) is 0 Å². The molecule has 2 nitrogen and oxygen atoms in total. The van der Waals surface area contributed by atoms with Gasteiger partial charge in [-0.2, -0.15) is 0 Å². The largest absolute Gasteiger partial charge is 0.494 e. The third-order valence-corrected chi connectivity index (χ3v) is 4.05. The summed E-state index contributed by atoms with van der Waals surface area (Å²) >= 11 is 3.47. The minimum Gasteiger partial charge on any atom is -0.494 e. The van der Waals surface area contributed by atoms with Gasteiger partial charge in [0.2, 0.25) is 0 Å². The topological polar surface area (TPSA) is 21.3 Å². The molecule has 0 amide bonds. The average Bonchev–Trinajstić information content (AvgIpc) is 2.37. The first kappa shape index (κ1) is 17.5. The molecule has 1 rings (SSSR count). The molecule has 1 aromatic carbocycles. The molecular weight excluding hydrogens is 314 g/mol. The van der Waals surface area contributed by atoms with Crippen molar-refractivity contribution in [2.75, 3.05) is 13.2 Å². The monoisotopic (exact) mass is 341 g/mol. The lowest BCUT2D eigenvalue weighted by molar-refractivity contribution is 0.189. The van der Waals surface area contributed by atoms with Crippen LogP contribution in [0, 0.1) is 5.41 Å². The van der Waals surface area contributed by atoms with Crippen LogP contribution < -0.4 is 10.1 Å². The van der Waals surface area contributed by atoms with Crippen LogP contribution in [-0.4, -0.2) is 19.2 Å². The van der Waals surface area contributed by atoms with E-state index in [0.717, 1.165) is 29.8 Å². The standard InChI is InChI=1S/C17H28BrNO/c1-5-9-17(4,13-19-14(2)3)10-11-20-16-8-6-7-15(18)12-16/h6-8,12,14,19H,5,9-11,13H2,1-4H3. The molecule has 0 fully saturated rings. The van der Waals surface area contributed by atoms with Crippen LogP contribution in [0.3, 0.4) is 0 Å². The van der Waals surface area contributed by atoms with Crippen molar-refractivity contribution in [3.8, 4) is 5.75 Å². The summed E-state index contributed by atoms with van der Waals surface area (Å²) < 4.78 is 6.94. The second kappa shape index (κ2) is 8.68. The minimum absolute atomic E-state index is 0.311. The summed E-state index contributed by atoms with van der Waals surface area (Å²) in [6.45, 7) is 10.8. The summed E-state index contributed by atoms with van der Waals surface area (Å²) in [5, 5.41) is 3.57. The van der Waals surface area contributed by atoms with Crippen molar-refractivity contribution in [1.82, 2.24) is 5.32 Å². The van der Waals surface area contributed by atoms with Crippen LogP contribution in [-0.2, 0) is 0 Å². The van der Waals surface area contributed by atoms with Gasteiger partial charge < -0.3 is 10.1 Å². The predicted molar refractivity (Wildman–Crippen MR) is 90.4 cm³/mol. The lowest BCUT2D eigenvalue weighted by Crippen LogP contribution is -2.36. The van der Waals surface area contributed by atoms with E-state index < -0.39 is 0 Å². The number of hydrogen-bond acceptors (Lipinski definition) is 2. The Labute approximate surface area is 132 Å². The first-order chi connectivity index (χ1) is 9.45. The Hall–Kier alpha value is -0.540. The molecule has 1 aromatic rings. The zero-order valence-corrected chi connectivity index (χ0v) is 14.8. The number of benzene rings is 1. The van der Waals surface area contributed by atoms with E-state index in [2.05, 4.69) is 48.9 Å². The van der Waals surface area contributed by atoms with Crippen LogP contribution in [0.1, 0.15) is 47.0 Å². The van der Waals surface area contributed by atoms with Crippen LogP contribution in [0.5, 0.6) is 5.75 Å². The fraction of sp³-hybridized carbons (Fsp3) is 0.647. The minimum atomic E-state index is 0.311. The number of hydrogen-bond donors (Lipinski definition) is 1. The molecule has 0 bridgehead atoms. The number of halogens is 1. The molecule has 0 aliphatic rings. The molecule has 0 saturated carbocycles. The van der Waals surface area contributed by atoms with Gasteiger partial charge in [-0.15, -0.1) is 0 Å².